The minimum atomic E-state index is -0.816. The number of nitrogens with one attached hydrogen (secondary N) is 2. The Bertz CT molecular complexity index is 303. The van der Waals surface area contributed by atoms with E-state index >= 15 is 0 Å². The summed E-state index contributed by atoms with van der Waals surface area (Å²) in [6.45, 7) is 5.67. The molecule has 0 spiro atoms. The molecule has 1 rings (SSSR count). The Kier molecular flexibility index (Phi) is 2.46. The standard InChI is InChI=1S/C8H14N4O2/c1-8(2,3)5-4(6(9)13)10-7(14)12-11-5/h4H,1-3H3,(H2,9,13)(H2,10,12,14). The van der Waals surface area contributed by atoms with Gasteiger partial charge in [0.15, 0.2) is 0 Å². The van der Waals surface area contributed by atoms with Crippen LogP contribution in [0.2, 0.25) is 0 Å². The molecule has 4 N–H and O–H groups in total. The first-order valence-electron chi connectivity index (χ1n) is 4.26. The summed E-state index contributed by atoms with van der Waals surface area (Å²) in [6.07, 6.45) is 0. The van der Waals surface area contributed by atoms with Gasteiger partial charge in [0.25, 0.3) is 0 Å². The molecular weight excluding hydrogens is 184 g/mol. The molecule has 0 aromatic heterocycles. The van der Waals surface area contributed by atoms with Crippen molar-refractivity contribution in [2.75, 3.05) is 0 Å². The number of rotatable bonds is 1. The lowest BCUT2D eigenvalue weighted by Gasteiger charge is -2.30. The van der Waals surface area contributed by atoms with Crippen molar-refractivity contribution < 1.29 is 9.59 Å². The fourth-order valence-corrected chi connectivity index (χ4v) is 1.21. The van der Waals surface area contributed by atoms with Crippen molar-refractivity contribution in [1.82, 2.24) is 10.7 Å². The van der Waals surface area contributed by atoms with E-state index in [2.05, 4.69) is 15.8 Å². The SMILES string of the molecule is CC(C)(C)C1=NNC(=O)NC1C(N)=O. The molecule has 0 radical (unpaired) electrons. The normalized spacial score (nSPS) is 22.1. The molecule has 0 aromatic rings. The van der Waals surface area contributed by atoms with E-state index in [-0.39, 0.29) is 5.41 Å². The second-order valence-electron chi connectivity index (χ2n) is 4.17. The van der Waals surface area contributed by atoms with Gasteiger partial charge in [-0.2, -0.15) is 5.10 Å². The van der Waals surface area contributed by atoms with Gasteiger partial charge in [-0.3, -0.25) is 4.79 Å². The molecule has 0 bridgehead atoms. The third kappa shape index (κ3) is 2.01. The number of hydrazone groups is 1. The first kappa shape index (κ1) is 10.5. The number of nitrogens with zero attached hydrogens (tertiary/aromatic N) is 1. The molecule has 0 saturated carbocycles. The number of hydrogen-bond acceptors (Lipinski definition) is 3. The lowest BCUT2D eigenvalue weighted by Crippen LogP contribution is -2.58. The molecule has 3 amide bonds. The molecule has 0 fully saturated rings. The van der Waals surface area contributed by atoms with Crippen molar-refractivity contribution >= 4 is 17.6 Å². The van der Waals surface area contributed by atoms with E-state index in [1.165, 1.54) is 0 Å². The van der Waals surface area contributed by atoms with E-state index in [0.29, 0.717) is 5.71 Å². The predicted molar refractivity (Wildman–Crippen MR) is 51.5 cm³/mol. The van der Waals surface area contributed by atoms with E-state index < -0.39 is 18.0 Å². The summed E-state index contributed by atoms with van der Waals surface area (Å²) in [5.41, 5.74) is 7.62. The third-order valence-electron chi connectivity index (χ3n) is 1.88. The molecule has 14 heavy (non-hydrogen) atoms. The highest BCUT2D eigenvalue weighted by Gasteiger charge is 2.35. The summed E-state index contributed by atoms with van der Waals surface area (Å²) in [7, 11) is 0. The van der Waals surface area contributed by atoms with Crippen molar-refractivity contribution in [1.29, 1.82) is 0 Å². The Balaban J connectivity index is 3.01. The van der Waals surface area contributed by atoms with Crippen LogP contribution in [0.5, 0.6) is 0 Å². The highest BCUT2D eigenvalue weighted by Crippen LogP contribution is 2.19. The van der Waals surface area contributed by atoms with Gasteiger partial charge in [0, 0.05) is 5.41 Å². The summed E-state index contributed by atoms with van der Waals surface area (Å²) in [5, 5.41) is 6.26. The summed E-state index contributed by atoms with van der Waals surface area (Å²) < 4.78 is 0. The molecular formula is C8H14N4O2. The highest BCUT2D eigenvalue weighted by atomic mass is 16.2. The zero-order valence-corrected chi connectivity index (χ0v) is 8.42. The van der Waals surface area contributed by atoms with Crippen LogP contribution < -0.4 is 16.5 Å². The first-order chi connectivity index (χ1) is 6.32. The van der Waals surface area contributed by atoms with E-state index in [0.717, 1.165) is 0 Å². The average Bonchev–Trinajstić information content (AvgIpc) is 2.01. The van der Waals surface area contributed by atoms with Gasteiger partial charge in [0.1, 0.15) is 6.04 Å². The van der Waals surface area contributed by atoms with Crippen LogP contribution in [-0.4, -0.2) is 23.7 Å². The highest BCUT2D eigenvalue weighted by molar-refractivity contribution is 6.13. The zero-order valence-electron chi connectivity index (χ0n) is 8.42. The zero-order chi connectivity index (χ0) is 10.9. The Morgan fingerprint density at radius 1 is 1.50 bits per heavy atom. The molecule has 6 nitrogen and oxygen atoms in total. The lowest BCUT2D eigenvalue weighted by atomic mass is 9.85. The average molecular weight is 198 g/mol. The molecule has 78 valence electrons. The Hall–Kier alpha value is -1.59. The number of primary amides is 1. The maximum atomic E-state index is 11.1. The van der Waals surface area contributed by atoms with Gasteiger partial charge in [-0.25, -0.2) is 10.2 Å². The largest absolute Gasteiger partial charge is 0.368 e. The monoisotopic (exact) mass is 198 g/mol. The van der Waals surface area contributed by atoms with Gasteiger partial charge in [-0.05, 0) is 0 Å². The first-order valence-corrected chi connectivity index (χ1v) is 4.26. The second-order valence-corrected chi connectivity index (χ2v) is 4.17. The molecule has 0 saturated heterocycles. The van der Waals surface area contributed by atoms with Crippen LogP contribution in [0, 0.1) is 5.41 Å². The number of hydrogen-bond donors (Lipinski definition) is 3. The molecule has 6 heteroatoms. The van der Waals surface area contributed by atoms with Gasteiger partial charge in [0.2, 0.25) is 5.91 Å². The Morgan fingerprint density at radius 2 is 2.07 bits per heavy atom. The van der Waals surface area contributed by atoms with Crippen LogP contribution in [0.15, 0.2) is 5.10 Å². The van der Waals surface area contributed by atoms with Gasteiger partial charge in [-0.15, -0.1) is 0 Å². The molecule has 1 unspecified atom stereocenters. The van der Waals surface area contributed by atoms with Crippen LogP contribution >= 0.6 is 0 Å². The Morgan fingerprint density at radius 3 is 2.50 bits per heavy atom. The van der Waals surface area contributed by atoms with Crippen molar-refractivity contribution in [3.8, 4) is 0 Å². The van der Waals surface area contributed by atoms with Crippen molar-refractivity contribution in [3.05, 3.63) is 0 Å². The summed E-state index contributed by atoms with van der Waals surface area (Å²) >= 11 is 0. The number of carbonyl (C=O) groups excluding carboxylic acids is 2. The molecule has 1 heterocycles. The molecule has 1 aliphatic rings. The minimum Gasteiger partial charge on any atom is -0.368 e. The molecule has 1 aliphatic heterocycles. The third-order valence-corrected chi connectivity index (χ3v) is 1.88. The van der Waals surface area contributed by atoms with E-state index in [1.54, 1.807) is 0 Å². The topological polar surface area (TPSA) is 96.6 Å². The number of carbonyl (C=O) groups is 2. The fraction of sp³-hybridized carbons (Fsp3) is 0.625. The fourth-order valence-electron chi connectivity index (χ4n) is 1.21. The minimum absolute atomic E-state index is 0.319. The van der Waals surface area contributed by atoms with Gasteiger partial charge in [-0.1, -0.05) is 20.8 Å². The Labute approximate surface area is 81.9 Å². The summed E-state index contributed by atoms with van der Waals surface area (Å²) in [5.74, 6) is -0.603. The van der Waals surface area contributed by atoms with E-state index in [4.69, 9.17) is 5.73 Å². The maximum absolute atomic E-state index is 11.1. The second kappa shape index (κ2) is 3.28. The predicted octanol–water partition coefficient (Wildman–Crippen LogP) is -0.445. The van der Waals surface area contributed by atoms with Gasteiger partial charge in [0.05, 0.1) is 5.71 Å². The number of nitrogens with two attached hydrogens (primary N) is 1. The van der Waals surface area contributed by atoms with Crippen molar-refractivity contribution in [3.63, 3.8) is 0 Å². The van der Waals surface area contributed by atoms with Crippen LogP contribution in [0.3, 0.4) is 0 Å². The summed E-state index contributed by atoms with van der Waals surface area (Å²) in [4.78, 5) is 22.0. The molecule has 0 aliphatic carbocycles. The smallest absolute Gasteiger partial charge is 0.336 e. The van der Waals surface area contributed by atoms with Crippen LogP contribution in [0.25, 0.3) is 0 Å². The lowest BCUT2D eigenvalue weighted by molar-refractivity contribution is -0.118. The van der Waals surface area contributed by atoms with Crippen molar-refractivity contribution in [2.24, 2.45) is 16.3 Å². The quantitative estimate of drug-likeness (QED) is 0.532. The number of urea groups is 1. The van der Waals surface area contributed by atoms with Crippen LogP contribution in [-0.2, 0) is 4.79 Å². The number of amides is 3. The maximum Gasteiger partial charge on any atom is 0.336 e. The van der Waals surface area contributed by atoms with Gasteiger partial charge < -0.3 is 11.1 Å². The summed E-state index contributed by atoms with van der Waals surface area (Å²) in [6, 6.07) is -1.33. The van der Waals surface area contributed by atoms with Crippen molar-refractivity contribution in [2.45, 2.75) is 26.8 Å². The van der Waals surface area contributed by atoms with Gasteiger partial charge >= 0.3 is 6.03 Å². The molecule has 1 atom stereocenters. The van der Waals surface area contributed by atoms with E-state index in [1.807, 2.05) is 20.8 Å². The molecule has 0 aromatic carbocycles. The van der Waals surface area contributed by atoms with Crippen LogP contribution in [0.1, 0.15) is 20.8 Å². The van der Waals surface area contributed by atoms with E-state index in [9.17, 15) is 9.59 Å². The van der Waals surface area contributed by atoms with Crippen LogP contribution in [0.4, 0.5) is 4.79 Å².